The molecule has 0 bridgehead atoms. The maximum absolute atomic E-state index is 12.8. The van der Waals surface area contributed by atoms with Crippen LogP contribution in [0.2, 0.25) is 0 Å². The first-order chi connectivity index (χ1) is 36.6. The molecule has 0 aliphatic heterocycles. The third-order valence-electron chi connectivity index (χ3n) is 13.5. The van der Waals surface area contributed by atoms with Crippen molar-refractivity contribution in [2.75, 3.05) is 47.5 Å². The minimum atomic E-state index is -1.65. The van der Waals surface area contributed by atoms with E-state index in [4.69, 9.17) is 18.9 Å². The van der Waals surface area contributed by atoms with Gasteiger partial charge >= 0.3 is 11.9 Å². The summed E-state index contributed by atoms with van der Waals surface area (Å²) in [6.45, 7) is 4.53. The highest BCUT2D eigenvalue weighted by atomic mass is 16.7. The summed E-state index contributed by atoms with van der Waals surface area (Å²) in [5.41, 5.74) is 0. The van der Waals surface area contributed by atoms with Crippen LogP contribution in [0.5, 0.6) is 0 Å². The van der Waals surface area contributed by atoms with Gasteiger partial charge in [-0.2, -0.15) is 0 Å². The summed E-state index contributed by atoms with van der Waals surface area (Å²) in [4.78, 5) is 37.2. The highest BCUT2D eigenvalue weighted by Crippen LogP contribution is 2.17. The van der Waals surface area contributed by atoms with E-state index in [1.165, 1.54) is 193 Å². The number of allylic oxidation sites excluding steroid dienone is 11. The number of carboxylic acids is 1. The number of carbonyl (C=O) groups is 3. The number of quaternary nitrogens is 1. The van der Waals surface area contributed by atoms with E-state index in [9.17, 15) is 19.5 Å². The van der Waals surface area contributed by atoms with Crippen molar-refractivity contribution in [1.29, 1.82) is 0 Å². The molecule has 9 nitrogen and oxygen atoms in total. The third-order valence-corrected chi connectivity index (χ3v) is 13.5. The number of likely N-dealkylation sites (N-methyl/N-ethyl adjacent to an activating group) is 1. The largest absolute Gasteiger partial charge is 0.545 e. The Hall–Kier alpha value is -3.27. The first-order valence-corrected chi connectivity index (χ1v) is 31.1. The van der Waals surface area contributed by atoms with E-state index in [2.05, 4.69) is 68.5 Å². The molecule has 0 rings (SSSR count). The second-order valence-electron chi connectivity index (χ2n) is 22.0. The Morgan fingerprint density at radius 2 is 0.800 bits per heavy atom. The van der Waals surface area contributed by atoms with Gasteiger partial charge in [-0.25, -0.2) is 0 Å². The molecule has 0 spiro atoms. The normalized spacial score (nSPS) is 13.2. The number of hydrogen-bond donors (Lipinski definition) is 0. The Bertz CT molecular complexity index is 1460. The van der Waals surface area contributed by atoms with Gasteiger partial charge in [0.05, 0.1) is 46.7 Å². The molecule has 0 radical (unpaired) electrons. The number of carbonyl (C=O) groups excluding carboxylic acids is 3. The van der Waals surface area contributed by atoms with E-state index in [0.29, 0.717) is 17.4 Å². The predicted octanol–water partition coefficient (Wildman–Crippen LogP) is 17.2. The van der Waals surface area contributed by atoms with Crippen LogP contribution in [-0.4, -0.2) is 82.3 Å². The fourth-order valence-electron chi connectivity index (χ4n) is 8.73. The molecule has 0 heterocycles. The monoisotopic (exact) mass is 1050 g/mol. The number of nitrogens with zero attached hydrogens (tertiary/aromatic N) is 1. The Morgan fingerprint density at radius 1 is 0.427 bits per heavy atom. The number of hydrogen-bond acceptors (Lipinski definition) is 8. The summed E-state index contributed by atoms with van der Waals surface area (Å²) < 4.78 is 22.5. The van der Waals surface area contributed by atoms with E-state index >= 15 is 0 Å². The maximum atomic E-state index is 12.8. The number of unbranched alkanes of at least 4 members (excludes halogenated alkanes) is 31. The lowest BCUT2D eigenvalue weighted by molar-refractivity contribution is -0.870. The number of carboxylic acid groups (broad SMARTS) is 1. The van der Waals surface area contributed by atoms with Crippen LogP contribution < -0.4 is 5.11 Å². The summed E-state index contributed by atoms with van der Waals surface area (Å²) in [7, 11) is 5.89. The molecule has 0 aromatic heterocycles. The van der Waals surface area contributed by atoms with Crippen LogP contribution in [0.3, 0.4) is 0 Å². The molecule has 0 aromatic carbocycles. The van der Waals surface area contributed by atoms with Crippen LogP contribution in [0.25, 0.3) is 0 Å². The van der Waals surface area contributed by atoms with Gasteiger partial charge in [-0.15, -0.1) is 0 Å². The molecule has 0 N–H and O–H groups in total. The zero-order valence-corrected chi connectivity index (χ0v) is 49.4. The van der Waals surface area contributed by atoms with Gasteiger partial charge in [0, 0.05) is 6.42 Å². The van der Waals surface area contributed by atoms with Crippen molar-refractivity contribution in [3.63, 3.8) is 0 Å². The predicted molar refractivity (Wildman–Crippen MR) is 315 cm³/mol. The van der Waals surface area contributed by atoms with E-state index in [0.717, 1.165) is 44.9 Å². The highest BCUT2D eigenvalue weighted by Gasteiger charge is 2.21. The van der Waals surface area contributed by atoms with E-state index < -0.39 is 24.3 Å². The lowest BCUT2D eigenvalue weighted by Crippen LogP contribution is -2.44. The maximum Gasteiger partial charge on any atom is 0.310 e. The van der Waals surface area contributed by atoms with E-state index in [1.54, 1.807) is 6.08 Å². The second-order valence-corrected chi connectivity index (χ2v) is 22.0. The van der Waals surface area contributed by atoms with Gasteiger partial charge in [0.2, 0.25) is 0 Å². The number of ether oxygens (including phenoxy) is 4. The van der Waals surface area contributed by atoms with Crippen LogP contribution in [0.4, 0.5) is 0 Å². The van der Waals surface area contributed by atoms with Crippen molar-refractivity contribution in [1.82, 2.24) is 0 Å². The van der Waals surface area contributed by atoms with Gasteiger partial charge in [-0.05, 0) is 64.2 Å². The lowest BCUT2D eigenvalue weighted by Gasteiger charge is -2.26. The van der Waals surface area contributed by atoms with Gasteiger partial charge < -0.3 is 33.3 Å². The van der Waals surface area contributed by atoms with Gasteiger partial charge in [0.15, 0.2) is 12.4 Å². The first kappa shape index (κ1) is 71.7. The van der Waals surface area contributed by atoms with Crippen LogP contribution >= 0.6 is 0 Å². The van der Waals surface area contributed by atoms with Crippen LogP contribution in [0, 0.1) is 0 Å². The SMILES string of the molecule is CC/C=C\C/C=C\C/C=C\C/C=C\C/C=C\CC(=O)OC(COC(=O)CCCCCCCCCCCCCCCCCCCCCCCCC/C=C\CCCCCCCCCC)COC(OCC[N+](C)(C)C)C(=O)[O-]. The average Bonchev–Trinajstić information content (AvgIpc) is 3.38. The molecule has 75 heavy (non-hydrogen) atoms. The van der Waals surface area contributed by atoms with Crippen molar-refractivity contribution in [3.05, 3.63) is 72.9 Å². The first-order valence-electron chi connectivity index (χ1n) is 31.1. The zero-order valence-electron chi connectivity index (χ0n) is 49.4. The average molecular weight is 1050 g/mol. The second kappa shape index (κ2) is 56.9. The van der Waals surface area contributed by atoms with Crippen LogP contribution in [0.15, 0.2) is 72.9 Å². The standard InChI is InChI=1S/C66H117NO8/c1-6-8-10-12-14-16-18-20-22-23-24-25-26-27-28-29-30-31-32-33-34-35-36-37-38-39-40-41-43-44-46-48-50-52-54-56-63(68)73-60-62(61-74-66(65(70)71)72-59-58-67(3,4)5)75-64(69)57-55-53-51-49-47-45-42-21-19-17-15-13-11-9-7-2/h9,11,15,17,21,23-24,42,47,49,53,55,62,66H,6-8,10,12-14,16,18-20,22,25-41,43-46,48,50-52,54,56-61H2,1-5H3/b11-9-,17-15-,24-23-,42-21-,49-47-,55-53-. The molecule has 0 aromatic rings. The summed E-state index contributed by atoms with van der Waals surface area (Å²) in [5.74, 6) is -2.44. The highest BCUT2D eigenvalue weighted by molar-refractivity contribution is 5.71. The van der Waals surface area contributed by atoms with Gasteiger partial charge in [0.1, 0.15) is 13.2 Å². The molecule has 0 aliphatic rings. The number of rotatable bonds is 57. The summed E-state index contributed by atoms with van der Waals surface area (Å²) in [5, 5.41) is 11.8. The quantitative estimate of drug-likeness (QED) is 0.0195. The summed E-state index contributed by atoms with van der Waals surface area (Å²) in [6, 6.07) is 0. The molecule has 9 heteroatoms. The number of aliphatic carboxylic acids is 1. The lowest BCUT2D eigenvalue weighted by atomic mass is 10.0. The van der Waals surface area contributed by atoms with E-state index in [-0.39, 0.29) is 38.6 Å². The number of esters is 2. The molecular weight excluding hydrogens is 935 g/mol. The fraction of sp³-hybridized carbons (Fsp3) is 0.773. The smallest absolute Gasteiger partial charge is 0.310 e. The topological polar surface area (TPSA) is 111 Å². The Balaban J connectivity index is 4.05. The fourth-order valence-corrected chi connectivity index (χ4v) is 8.73. The zero-order chi connectivity index (χ0) is 54.8. The van der Waals surface area contributed by atoms with Crippen molar-refractivity contribution in [3.8, 4) is 0 Å². The van der Waals surface area contributed by atoms with Crippen LogP contribution in [-0.2, 0) is 33.3 Å². The van der Waals surface area contributed by atoms with Crippen molar-refractivity contribution in [2.24, 2.45) is 0 Å². The molecule has 2 atom stereocenters. The molecule has 0 fully saturated rings. The van der Waals surface area contributed by atoms with Crippen molar-refractivity contribution < 1.29 is 42.9 Å². The molecule has 0 aliphatic carbocycles. The molecular formula is C66H117NO8. The van der Waals surface area contributed by atoms with Gasteiger partial charge in [-0.3, -0.25) is 9.59 Å². The summed E-state index contributed by atoms with van der Waals surface area (Å²) >= 11 is 0. The minimum Gasteiger partial charge on any atom is -0.545 e. The minimum absolute atomic E-state index is 0.0146. The van der Waals surface area contributed by atoms with Gasteiger partial charge in [-0.1, -0.05) is 267 Å². The summed E-state index contributed by atoms with van der Waals surface area (Å²) in [6.07, 6.45) is 71.7. The molecule has 0 saturated heterocycles. The molecule has 0 saturated carbocycles. The third kappa shape index (κ3) is 58.3. The van der Waals surface area contributed by atoms with Crippen LogP contribution in [0.1, 0.15) is 271 Å². The Morgan fingerprint density at radius 3 is 1.19 bits per heavy atom. The Kier molecular flexibility index (Phi) is 54.4. The van der Waals surface area contributed by atoms with E-state index in [1.807, 2.05) is 33.3 Å². The molecule has 2 unspecified atom stereocenters. The van der Waals surface area contributed by atoms with Crippen molar-refractivity contribution >= 4 is 17.9 Å². The van der Waals surface area contributed by atoms with Crippen molar-refractivity contribution in [2.45, 2.75) is 283 Å². The van der Waals surface area contributed by atoms with Gasteiger partial charge in [0.25, 0.3) is 0 Å². The Labute approximate surface area is 462 Å². The molecule has 434 valence electrons. The molecule has 0 amide bonds.